The van der Waals surface area contributed by atoms with E-state index < -0.39 is 0 Å². The minimum absolute atomic E-state index is 1.06. The van der Waals surface area contributed by atoms with Gasteiger partial charge in [0.1, 0.15) is 0 Å². The summed E-state index contributed by atoms with van der Waals surface area (Å²) in [6.07, 6.45) is 7.21. The van der Waals surface area contributed by atoms with Crippen LogP contribution in [0.25, 0.3) is 0 Å². The van der Waals surface area contributed by atoms with Crippen molar-refractivity contribution < 1.29 is 16.0 Å². The van der Waals surface area contributed by atoms with E-state index in [0.29, 0.717) is 0 Å². The third-order valence-electron chi connectivity index (χ3n) is 1.66. The standard InChI is InChI=1S/C7H8.C5H5.Fe/c1-7-5-3-2-4-6-7;1-2-4-5-3-1;/h2-6H,1H3;1-3H,4H2;. The fourth-order valence-electron chi connectivity index (χ4n) is 0.950. The Morgan fingerprint density at radius 3 is 2.08 bits per heavy atom. The summed E-state index contributed by atoms with van der Waals surface area (Å²) in [7, 11) is 0. The van der Waals surface area contributed by atoms with Gasteiger partial charge in [0.2, 0.25) is 0 Å². The number of allylic oxidation sites excluding steroid dienone is 4. The van der Waals surface area contributed by atoms with Gasteiger partial charge in [-0.2, -0.15) is 0 Å². The molecule has 1 aliphatic rings. The molecule has 0 unspecified atom stereocenters. The van der Waals surface area contributed by atoms with Crippen molar-refractivity contribution in [2.24, 2.45) is 0 Å². The summed E-state index contributed by atoms with van der Waals surface area (Å²) in [5, 5.41) is 0. The number of aryl methyl sites for hydroxylation is 1. The van der Waals surface area contributed by atoms with Crippen molar-refractivity contribution in [1.82, 2.24) is 0 Å². The van der Waals surface area contributed by atoms with Crippen LogP contribution in [0.1, 0.15) is 12.0 Å². The first-order chi connectivity index (χ1) is 6.29. The molecule has 1 aliphatic carbocycles. The van der Waals surface area contributed by atoms with Crippen molar-refractivity contribution in [2.45, 2.75) is 13.3 Å². The second-order valence-corrected chi connectivity index (χ2v) is 3.59. The second-order valence-electron chi connectivity index (χ2n) is 2.88. The first-order valence-electron chi connectivity index (χ1n) is 4.30. The zero-order valence-corrected chi connectivity index (χ0v) is 8.78. The molecule has 0 heterocycles. The van der Waals surface area contributed by atoms with Crippen LogP contribution in [0.2, 0.25) is 0 Å². The molecule has 0 amide bonds. The van der Waals surface area contributed by atoms with E-state index in [1.165, 1.54) is 10.0 Å². The Labute approximate surface area is 88.2 Å². The Hall–Kier alpha value is -0.781. The fourth-order valence-corrected chi connectivity index (χ4v) is 1.19. The van der Waals surface area contributed by atoms with Gasteiger partial charge in [0.15, 0.2) is 0 Å². The van der Waals surface area contributed by atoms with Gasteiger partial charge < -0.3 is 0 Å². The summed E-state index contributed by atoms with van der Waals surface area (Å²) in [6, 6.07) is 10.3. The first kappa shape index (κ1) is 10.3. The van der Waals surface area contributed by atoms with Crippen molar-refractivity contribution in [3.05, 3.63) is 58.6 Å². The van der Waals surface area contributed by atoms with Crippen molar-refractivity contribution >= 4 is 0 Å². The molecule has 2 rings (SSSR count). The summed E-state index contributed by atoms with van der Waals surface area (Å²) in [4.78, 5) is 0. The summed E-state index contributed by atoms with van der Waals surface area (Å²) in [5.41, 5.74) is 1.32. The SMILES string of the molecule is Cc1ccccc1.[Fe][C]1=CC=CC1. The Morgan fingerprint density at radius 1 is 1.15 bits per heavy atom. The summed E-state index contributed by atoms with van der Waals surface area (Å²) < 4.78 is 1.22. The van der Waals surface area contributed by atoms with Gasteiger partial charge in [-0.25, -0.2) is 0 Å². The zero-order valence-electron chi connectivity index (χ0n) is 7.68. The maximum atomic E-state index is 3.74. The van der Waals surface area contributed by atoms with Crippen LogP contribution in [-0.2, 0) is 16.0 Å². The van der Waals surface area contributed by atoms with E-state index in [-0.39, 0.29) is 0 Å². The number of hydrogen-bond donors (Lipinski definition) is 0. The van der Waals surface area contributed by atoms with E-state index >= 15 is 0 Å². The molecule has 13 heavy (non-hydrogen) atoms. The molecule has 0 saturated heterocycles. The second kappa shape index (κ2) is 5.80. The number of rotatable bonds is 0. The molecular formula is C12H13Fe. The van der Waals surface area contributed by atoms with Gasteiger partial charge in [-0.1, -0.05) is 35.9 Å². The van der Waals surface area contributed by atoms with E-state index in [4.69, 9.17) is 0 Å². The zero-order chi connectivity index (χ0) is 9.52. The van der Waals surface area contributed by atoms with Gasteiger partial charge in [0, 0.05) is 0 Å². The fraction of sp³-hybridized carbons (Fsp3) is 0.167. The molecule has 69 valence electrons. The third-order valence-corrected chi connectivity index (χ3v) is 2.07. The van der Waals surface area contributed by atoms with Crippen molar-refractivity contribution in [2.75, 3.05) is 0 Å². The van der Waals surface area contributed by atoms with Gasteiger partial charge in [-0.15, -0.1) is 0 Å². The Bertz CT molecular complexity index is 296. The maximum absolute atomic E-state index is 3.74. The molecule has 0 fully saturated rings. The van der Waals surface area contributed by atoms with E-state index in [1.54, 1.807) is 0 Å². The van der Waals surface area contributed by atoms with Crippen LogP contribution in [0.5, 0.6) is 0 Å². The Kier molecular flexibility index (Phi) is 4.59. The van der Waals surface area contributed by atoms with Crippen LogP contribution >= 0.6 is 0 Å². The Balaban J connectivity index is 0.000000132. The molecule has 0 radical (unpaired) electrons. The Morgan fingerprint density at radius 2 is 1.85 bits per heavy atom. The molecular weight excluding hydrogens is 200 g/mol. The van der Waals surface area contributed by atoms with E-state index in [1.807, 2.05) is 30.4 Å². The van der Waals surface area contributed by atoms with E-state index in [2.05, 4.69) is 41.1 Å². The molecule has 1 heteroatoms. The average molecular weight is 213 g/mol. The van der Waals surface area contributed by atoms with Gasteiger partial charge in [0.25, 0.3) is 0 Å². The minimum atomic E-state index is 1.06. The first-order valence-corrected chi connectivity index (χ1v) is 4.86. The molecule has 0 N–H and O–H groups in total. The van der Waals surface area contributed by atoms with E-state index in [0.717, 1.165) is 6.42 Å². The van der Waals surface area contributed by atoms with Crippen molar-refractivity contribution in [1.29, 1.82) is 0 Å². The molecule has 0 bridgehead atoms. The van der Waals surface area contributed by atoms with Gasteiger partial charge in [0.05, 0.1) is 0 Å². The molecule has 0 aromatic heterocycles. The molecule has 0 aliphatic heterocycles. The summed E-state index contributed by atoms with van der Waals surface area (Å²) in [5.74, 6) is 0. The molecule has 0 nitrogen and oxygen atoms in total. The van der Waals surface area contributed by atoms with Crippen molar-refractivity contribution in [3.8, 4) is 0 Å². The van der Waals surface area contributed by atoms with Gasteiger partial charge in [-0.3, -0.25) is 0 Å². The number of hydrogen-bond acceptors (Lipinski definition) is 0. The predicted molar refractivity (Wildman–Crippen MR) is 53.0 cm³/mol. The average Bonchev–Trinajstić information content (AvgIpc) is 2.58. The third kappa shape index (κ3) is 4.72. The number of benzene rings is 1. The molecule has 0 spiro atoms. The normalized spacial score (nSPS) is 13.2. The molecule has 1 aromatic rings. The van der Waals surface area contributed by atoms with Gasteiger partial charge >= 0.3 is 45.1 Å². The monoisotopic (exact) mass is 213 g/mol. The van der Waals surface area contributed by atoms with Crippen LogP contribution in [-0.4, -0.2) is 0 Å². The summed E-state index contributed by atoms with van der Waals surface area (Å²) >= 11 is 3.74. The van der Waals surface area contributed by atoms with Crippen molar-refractivity contribution in [3.63, 3.8) is 0 Å². The molecule has 0 atom stereocenters. The van der Waals surface area contributed by atoms with E-state index in [9.17, 15) is 0 Å². The quantitative estimate of drug-likeness (QED) is 0.579. The van der Waals surface area contributed by atoms with Gasteiger partial charge in [-0.05, 0) is 6.92 Å². The molecule has 0 saturated carbocycles. The predicted octanol–water partition coefficient (Wildman–Crippen LogP) is 3.37. The van der Waals surface area contributed by atoms with Crippen LogP contribution < -0.4 is 0 Å². The topological polar surface area (TPSA) is 0 Å². The van der Waals surface area contributed by atoms with Crippen LogP contribution in [0.3, 0.4) is 0 Å². The van der Waals surface area contributed by atoms with Crippen LogP contribution in [0, 0.1) is 6.92 Å². The van der Waals surface area contributed by atoms with Crippen LogP contribution in [0.4, 0.5) is 0 Å². The summed E-state index contributed by atoms with van der Waals surface area (Å²) in [6.45, 7) is 2.08. The molecule has 1 aromatic carbocycles. The van der Waals surface area contributed by atoms with Crippen LogP contribution in [0.15, 0.2) is 53.0 Å².